The average molecular weight is 298 g/mol. The van der Waals surface area contributed by atoms with Gasteiger partial charge in [-0.2, -0.15) is 0 Å². The Hall–Kier alpha value is -2.82. The summed E-state index contributed by atoms with van der Waals surface area (Å²) in [6.45, 7) is 1.51. The topological polar surface area (TPSA) is 46.0 Å². The van der Waals surface area contributed by atoms with Crippen molar-refractivity contribution in [2.45, 2.75) is 6.92 Å². The van der Waals surface area contributed by atoms with Crippen LogP contribution in [-0.2, 0) is 0 Å². The summed E-state index contributed by atoms with van der Waals surface area (Å²) in [5, 5.41) is 9.26. The number of hydrogen-bond acceptors (Lipinski definition) is 3. The number of phenolic OH excluding ortho intramolecular Hbond substituents is 1. The lowest BCUT2D eigenvalue weighted by molar-refractivity contribution is 0.475. The molecule has 3 nitrogen and oxygen atoms in total. The second-order valence-electron chi connectivity index (χ2n) is 4.90. The van der Waals surface area contributed by atoms with Crippen molar-refractivity contribution in [3.8, 4) is 28.3 Å². The molecule has 1 N–H and O–H groups in total. The molecule has 0 amide bonds. The van der Waals surface area contributed by atoms with E-state index in [0.717, 1.165) is 5.56 Å². The second-order valence-corrected chi connectivity index (χ2v) is 4.90. The maximum absolute atomic E-state index is 14.0. The summed E-state index contributed by atoms with van der Waals surface area (Å²) in [6, 6.07) is 9.44. The summed E-state index contributed by atoms with van der Waals surface area (Å²) in [7, 11) is 0. The summed E-state index contributed by atoms with van der Waals surface area (Å²) in [5.74, 6) is -1.17. The van der Waals surface area contributed by atoms with Crippen LogP contribution in [0.25, 0.3) is 22.5 Å². The zero-order valence-corrected chi connectivity index (χ0v) is 11.7. The summed E-state index contributed by atoms with van der Waals surface area (Å²) >= 11 is 0. The third-order valence-electron chi connectivity index (χ3n) is 3.36. The minimum absolute atomic E-state index is 0.125. The van der Waals surface area contributed by atoms with Gasteiger partial charge < -0.3 is 5.11 Å². The molecule has 0 aliphatic heterocycles. The molecule has 1 aromatic heterocycles. The van der Waals surface area contributed by atoms with Gasteiger partial charge in [0, 0.05) is 29.1 Å². The number of aromatic hydroxyl groups is 1. The van der Waals surface area contributed by atoms with Gasteiger partial charge in [0.05, 0.1) is 0 Å². The van der Waals surface area contributed by atoms with E-state index in [0.29, 0.717) is 11.4 Å². The molecule has 0 unspecified atom stereocenters. The first-order chi connectivity index (χ1) is 10.6. The van der Waals surface area contributed by atoms with Crippen molar-refractivity contribution in [1.29, 1.82) is 0 Å². The fourth-order valence-corrected chi connectivity index (χ4v) is 2.10. The maximum Gasteiger partial charge on any atom is 0.167 e. The second kappa shape index (κ2) is 5.52. The quantitative estimate of drug-likeness (QED) is 0.774. The molecule has 5 heteroatoms. The molecule has 22 heavy (non-hydrogen) atoms. The monoisotopic (exact) mass is 298 g/mol. The van der Waals surface area contributed by atoms with Crippen LogP contribution in [0, 0.1) is 18.6 Å². The Bertz CT molecular complexity index is 815. The number of aromatic nitrogens is 2. The van der Waals surface area contributed by atoms with Crippen molar-refractivity contribution in [1.82, 2.24) is 9.97 Å². The molecule has 0 bridgehead atoms. The van der Waals surface area contributed by atoms with Gasteiger partial charge >= 0.3 is 0 Å². The van der Waals surface area contributed by atoms with Crippen LogP contribution in [0.1, 0.15) is 5.56 Å². The van der Waals surface area contributed by atoms with Gasteiger partial charge in [0.2, 0.25) is 0 Å². The van der Waals surface area contributed by atoms with Gasteiger partial charge in [-0.25, -0.2) is 18.7 Å². The molecule has 0 atom stereocenters. The number of rotatable bonds is 2. The van der Waals surface area contributed by atoms with E-state index in [1.165, 1.54) is 43.6 Å². The molecule has 0 radical (unpaired) electrons. The fraction of sp³-hybridized carbons (Fsp3) is 0.0588. The van der Waals surface area contributed by atoms with Crippen LogP contribution in [0.4, 0.5) is 8.78 Å². The number of benzene rings is 2. The van der Waals surface area contributed by atoms with Gasteiger partial charge in [-0.3, -0.25) is 0 Å². The van der Waals surface area contributed by atoms with Crippen LogP contribution in [0.5, 0.6) is 5.75 Å². The maximum atomic E-state index is 14.0. The highest BCUT2D eigenvalue weighted by Crippen LogP contribution is 2.26. The minimum atomic E-state index is -0.902. The minimum Gasteiger partial charge on any atom is -0.508 e. The van der Waals surface area contributed by atoms with Crippen molar-refractivity contribution in [2.75, 3.05) is 0 Å². The zero-order valence-electron chi connectivity index (χ0n) is 11.7. The van der Waals surface area contributed by atoms with Crippen molar-refractivity contribution in [2.24, 2.45) is 0 Å². The van der Waals surface area contributed by atoms with Crippen molar-refractivity contribution in [3.05, 3.63) is 66.0 Å². The molecule has 0 spiro atoms. The van der Waals surface area contributed by atoms with Crippen LogP contribution < -0.4 is 0 Å². The number of halogens is 2. The Morgan fingerprint density at radius 3 is 2.09 bits per heavy atom. The number of nitrogens with zero attached hydrogens (tertiary/aromatic N) is 2. The molecule has 2 aromatic carbocycles. The van der Waals surface area contributed by atoms with Crippen LogP contribution in [-0.4, -0.2) is 15.1 Å². The SMILES string of the molecule is Cc1ccc(-c2cnc(-c3ccc(O)cc3)nc2)c(F)c1F. The number of aryl methyl sites for hydroxylation is 1. The van der Waals surface area contributed by atoms with E-state index in [1.54, 1.807) is 12.1 Å². The van der Waals surface area contributed by atoms with E-state index in [1.807, 2.05) is 0 Å². The Kier molecular flexibility index (Phi) is 3.55. The van der Waals surface area contributed by atoms with E-state index >= 15 is 0 Å². The standard InChI is InChI=1S/C17H12F2N2O/c1-10-2-7-14(16(19)15(10)18)12-8-20-17(21-9-12)11-3-5-13(22)6-4-11/h2-9,22H,1H3. The summed E-state index contributed by atoms with van der Waals surface area (Å²) < 4.78 is 27.6. The Morgan fingerprint density at radius 1 is 0.818 bits per heavy atom. The molecule has 110 valence electrons. The Morgan fingerprint density at radius 2 is 1.45 bits per heavy atom. The van der Waals surface area contributed by atoms with Crippen LogP contribution >= 0.6 is 0 Å². The predicted molar refractivity (Wildman–Crippen MR) is 79.2 cm³/mol. The third kappa shape index (κ3) is 2.53. The molecule has 0 fully saturated rings. The van der Waals surface area contributed by atoms with E-state index < -0.39 is 11.6 Å². The molecular weight excluding hydrogens is 286 g/mol. The number of phenols is 1. The summed E-state index contributed by atoms with van der Waals surface area (Å²) in [6.07, 6.45) is 2.89. The molecule has 0 saturated heterocycles. The number of hydrogen-bond donors (Lipinski definition) is 1. The Balaban J connectivity index is 1.98. The molecule has 3 rings (SSSR count). The van der Waals surface area contributed by atoms with Crippen molar-refractivity contribution in [3.63, 3.8) is 0 Å². The lowest BCUT2D eigenvalue weighted by Crippen LogP contribution is -1.95. The predicted octanol–water partition coefficient (Wildman–Crippen LogP) is 4.10. The highest BCUT2D eigenvalue weighted by atomic mass is 19.2. The third-order valence-corrected chi connectivity index (χ3v) is 3.36. The summed E-state index contributed by atoms with van der Waals surface area (Å²) in [5.41, 5.74) is 1.50. The van der Waals surface area contributed by atoms with Crippen LogP contribution in [0.15, 0.2) is 48.8 Å². The van der Waals surface area contributed by atoms with Crippen molar-refractivity contribution < 1.29 is 13.9 Å². The lowest BCUT2D eigenvalue weighted by Gasteiger charge is -2.06. The van der Waals surface area contributed by atoms with Gasteiger partial charge in [0.15, 0.2) is 17.5 Å². The first-order valence-corrected chi connectivity index (χ1v) is 6.62. The first-order valence-electron chi connectivity index (χ1n) is 6.62. The molecular formula is C17H12F2N2O. The first kappa shape index (κ1) is 14.1. The summed E-state index contributed by atoms with van der Waals surface area (Å²) in [4.78, 5) is 8.33. The fourth-order valence-electron chi connectivity index (χ4n) is 2.10. The Labute approximate surface area is 125 Å². The highest BCUT2D eigenvalue weighted by Gasteiger charge is 2.13. The molecule has 1 heterocycles. The van der Waals surface area contributed by atoms with Gasteiger partial charge in [-0.05, 0) is 36.8 Å². The van der Waals surface area contributed by atoms with E-state index in [4.69, 9.17) is 0 Å². The van der Waals surface area contributed by atoms with E-state index in [-0.39, 0.29) is 16.9 Å². The molecule has 0 aliphatic carbocycles. The van der Waals surface area contributed by atoms with E-state index in [2.05, 4.69) is 9.97 Å². The largest absolute Gasteiger partial charge is 0.508 e. The van der Waals surface area contributed by atoms with Gasteiger partial charge in [0.25, 0.3) is 0 Å². The van der Waals surface area contributed by atoms with Gasteiger partial charge in [-0.15, -0.1) is 0 Å². The van der Waals surface area contributed by atoms with Crippen LogP contribution in [0.2, 0.25) is 0 Å². The lowest BCUT2D eigenvalue weighted by atomic mass is 10.1. The highest BCUT2D eigenvalue weighted by molar-refractivity contribution is 5.65. The van der Waals surface area contributed by atoms with Gasteiger partial charge in [0.1, 0.15) is 5.75 Å². The smallest absolute Gasteiger partial charge is 0.167 e. The van der Waals surface area contributed by atoms with E-state index in [9.17, 15) is 13.9 Å². The average Bonchev–Trinajstić information content (AvgIpc) is 2.54. The zero-order chi connectivity index (χ0) is 15.7. The molecule has 3 aromatic rings. The van der Waals surface area contributed by atoms with Crippen LogP contribution in [0.3, 0.4) is 0 Å². The van der Waals surface area contributed by atoms with Crippen molar-refractivity contribution >= 4 is 0 Å². The van der Waals surface area contributed by atoms with Gasteiger partial charge in [-0.1, -0.05) is 12.1 Å². The molecule has 0 aliphatic rings. The molecule has 0 saturated carbocycles. The normalized spacial score (nSPS) is 10.7.